The fourth-order valence-corrected chi connectivity index (χ4v) is 9.05. The van der Waals surface area contributed by atoms with Crippen LogP contribution in [0.5, 0.6) is 0 Å². The number of esters is 3. The molecule has 0 aliphatic carbocycles. The largest absolute Gasteiger partial charge is 0.462 e. The molecule has 0 spiro atoms. The summed E-state index contributed by atoms with van der Waals surface area (Å²) in [6.45, 7) is 6.52. The van der Waals surface area contributed by atoms with Gasteiger partial charge < -0.3 is 14.2 Å². The fraction of sp³-hybridized carbons (Fsp3) is 0.754. The Labute approximate surface area is 465 Å². The maximum atomic E-state index is 12.9. The first-order valence-electron chi connectivity index (χ1n) is 32.1. The molecule has 0 aliphatic heterocycles. The Morgan fingerprint density at radius 1 is 0.280 bits per heavy atom. The van der Waals surface area contributed by atoms with E-state index in [0.29, 0.717) is 19.3 Å². The number of hydrogen-bond donors (Lipinski definition) is 0. The molecule has 0 heterocycles. The van der Waals surface area contributed by atoms with Gasteiger partial charge in [0.25, 0.3) is 0 Å². The highest BCUT2D eigenvalue weighted by Crippen LogP contribution is 2.16. The van der Waals surface area contributed by atoms with Gasteiger partial charge in [0, 0.05) is 19.3 Å². The van der Waals surface area contributed by atoms with E-state index >= 15 is 0 Å². The zero-order valence-corrected chi connectivity index (χ0v) is 49.6. The average molecular weight is 1050 g/mol. The molecule has 6 nitrogen and oxygen atoms in total. The van der Waals surface area contributed by atoms with Crippen LogP contribution in [-0.4, -0.2) is 37.2 Å². The van der Waals surface area contributed by atoms with E-state index in [1.54, 1.807) is 0 Å². The van der Waals surface area contributed by atoms with Crippen LogP contribution in [0.25, 0.3) is 0 Å². The molecule has 0 radical (unpaired) electrons. The molecule has 6 heteroatoms. The van der Waals surface area contributed by atoms with Crippen LogP contribution in [0.15, 0.2) is 85.1 Å². The molecule has 0 saturated heterocycles. The number of ether oxygens (including phenoxy) is 3. The highest BCUT2D eigenvalue weighted by atomic mass is 16.6. The van der Waals surface area contributed by atoms with Gasteiger partial charge in [-0.2, -0.15) is 0 Å². The van der Waals surface area contributed by atoms with Gasteiger partial charge in [0.05, 0.1) is 0 Å². The van der Waals surface area contributed by atoms with E-state index in [0.717, 1.165) is 96.3 Å². The molecular formula is C69H120O6. The van der Waals surface area contributed by atoms with Crippen molar-refractivity contribution in [1.82, 2.24) is 0 Å². The van der Waals surface area contributed by atoms with Crippen molar-refractivity contribution >= 4 is 17.9 Å². The van der Waals surface area contributed by atoms with Gasteiger partial charge in [-0.25, -0.2) is 0 Å². The van der Waals surface area contributed by atoms with E-state index in [9.17, 15) is 14.4 Å². The summed E-state index contributed by atoms with van der Waals surface area (Å²) in [6.07, 6.45) is 83.0. The summed E-state index contributed by atoms with van der Waals surface area (Å²) < 4.78 is 16.9. The van der Waals surface area contributed by atoms with Crippen molar-refractivity contribution in [1.29, 1.82) is 0 Å². The molecule has 75 heavy (non-hydrogen) atoms. The fourth-order valence-electron chi connectivity index (χ4n) is 9.05. The second-order valence-corrected chi connectivity index (χ2v) is 21.3. The molecule has 0 amide bonds. The smallest absolute Gasteiger partial charge is 0.306 e. The van der Waals surface area contributed by atoms with Crippen LogP contribution >= 0.6 is 0 Å². The minimum atomic E-state index is -0.794. The van der Waals surface area contributed by atoms with Gasteiger partial charge >= 0.3 is 17.9 Å². The zero-order valence-electron chi connectivity index (χ0n) is 49.6. The minimum absolute atomic E-state index is 0.0878. The predicted molar refractivity (Wildman–Crippen MR) is 325 cm³/mol. The average Bonchev–Trinajstić information content (AvgIpc) is 3.41. The molecule has 0 aromatic rings. The van der Waals surface area contributed by atoms with Crippen LogP contribution < -0.4 is 0 Å². The van der Waals surface area contributed by atoms with Crippen LogP contribution in [0.3, 0.4) is 0 Å². The summed E-state index contributed by atoms with van der Waals surface area (Å²) in [5.74, 6) is -0.913. The van der Waals surface area contributed by atoms with Gasteiger partial charge in [0.1, 0.15) is 13.2 Å². The van der Waals surface area contributed by atoms with Gasteiger partial charge in [-0.05, 0) is 116 Å². The second kappa shape index (κ2) is 63.1. The van der Waals surface area contributed by atoms with Crippen LogP contribution in [0.4, 0.5) is 0 Å². The Morgan fingerprint density at radius 3 is 0.840 bits per heavy atom. The van der Waals surface area contributed by atoms with Crippen LogP contribution in [0.2, 0.25) is 0 Å². The van der Waals surface area contributed by atoms with Crippen molar-refractivity contribution in [3.05, 3.63) is 85.1 Å². The Bertz CT molecular complexity index is 1430. The standard InChI is InChI=1S/C69H120O6/c1-4-7-10-13-16-19-22-25-28-31-34-37-40-43-46-49-52-55-58-61-67(70)73-64-66(75-69(72)63-60-57-54-51-48-45-42-39-36-33-30-27-24-21-18-15-12-9-6-3)65-74-68(71)62-59-56-53-50-47-44-41-38-35-32-29-26-23-20-17-14-11-8-5-2/h7,10,16,19,25-30,34,37,43,46,66H,4-6,8-9,11-15,17-18,20-24,31-33,35-36,38-42,44-45,47-65H2,1-3H3/b10-7-,19-16-,28-25-,29-26-,30-27-,37-34-,46-43-/t66-/m1/s1. The van der Waals surface area contributed by atoms with E-state index < -0.39 is 6.10 Å². The number of rotatable bonds is 58. The molecule has 0 saturated carbocycles. The number of unbranched alkanes of at least 4 members (excludes halogenated alkanes) is 33. The summed E-state index contributed by atoms with van der Waals surface area (Å²) in [5, 5.41) is 0. The van der Waals surface area contributed by atoms with Crippen molar-refractivity contribution in [2.24, 2.45) is 0 Å². The van der Waals surface area contributed by atoms with Crippen LogP contribution in [-0.2, 0) is 28.6 Å². The molecule has 432 valence electrons. The molecule has 0 rings (SSSR count). The van der Waals surface area contributed by atoms with E-state index in [4.69, 9.17) is 14.2 Å². The number of carbonyl (C=O) groups excluding carboxylic acids is 3. The van der Waals surface area contributed by atoms with Crippen molar-refractivity contribution in [2.75, 3.05) is 13.2 Å². The summed E-state index contributed by atoms with van der Waals surface area (Å²) in [4.78, 5) is 38.3. The molecule has 0 aromatic carbocycles. The predicted octanol–water partition coefficient (Wildman–Crippen LogP) is 21.9. The highest BCUT2D eigenvalue weighted by Gasteiger charge is 2.19. The van der Waals surface area contributed by atoms with Crippen molar-refractivity contribution in [2.45, 2.75) is 322 Å². The maximum absolute atomic E-state index is 12.9. The minimum Gasteiger partial charge on any atom is -0.462 e. The van der Waals surface area contributed by atoms with E-state index in [1.807, 2.05) is 0 Å². The van der Waals surface area contributed by atoms with E-state index in [-0.39, 0.29) is 31.1 Å². The first-order chi connectivity index (χ1) is 37.0. The number of allylic oxidation sites excluding steroid dienone is 14. The first kappa shape index (κ1) is 71.6. The van der Waals surface area contributed by atoms with Gasteiger partial charge in [-0.15, -0.1) is 0 Å². The lowest BCUT2D eigenvalue weighted by molar-refractivity contribution is -0.167. The Hall–Kier alpha value is -3.41. The van der Waals surface area contributed by atoms with Crippen molar-refractivity contribution in [3.63, 3.8) is 0 Å². The molecule has 1 atom stereocenters. The lowest BCUT2D eigenvalue weighted by Gasteiger charge is -2.18. The Morgan fingerprint density at radius 2 is 0.520 bits per heavy atom. The molecule has 0 unspecified atom stereocenters. The second-order valence-electron chi connectivity index (χ2n) is 21.3. The van der Waals surface area contributed by atoms with Crippen LogP contribution in [0, 0.1) is 0 Å². The third-order valence-corrected chi connectivity index (χ3v) is 13.9. The number of carbonyl (C=O) groups is 3. The van der Waals surface area contributed by atoms with Gasteiger partial charge in [0.2, 0.25) is 0 Å². The lowest BCUT2D eigenvalue weighted by Crippen LogP contribution is -2.30. The monoisotopic (exact) mass is 1040 g/mol. The third-order valence-electron chi connectivity index (χ3n) is 13.9. The number of hydrogen-bond acceptors (Lipinski definition) is 6. The summed E-state index contributed by atoms with van der Waals surface area (Å²) in [5.41, 5.74) is 0. The van der Waals surface area contributed by atoms with Gasteiger partial charge in [-0.1, -0.05) is 266 Å². The van der Waals surface area contributed by atoms with Gasteiger partial charge in [0.15, 0.2) is 6.10 Å². The third kappa shape index (κ3) is 61.3. The highest BCUT2D eigenvalue weighted by molar-refractivity contribution is 5.71. The van der Waals surface area contributed by atoms with E-state index in [1.165, 1.54) is 180 Å². The zero-order chi connectivity index (χ0) is 54.3. The van der Waals surface area contributed by atoms with E-state index in [2.05, 4.69) is 106 Å². The molecule has 0 N–H and O–H groups in total. The van der Waals surface area contributed by atoms with Crippen molar-refractivity contribution < 1.29 is 28.6 Å². The Kier molecular flexibility index (Phi) is 60.3. The molecule has 0 bridgehead atoms. The summed E-state index contributed by atoms with van der Waals surface area (Å²) in [7, 11) is 0. The molecular weight excluding hydrogens is 925 g/mol. The first-order valence-corrected chi connectivity index (χ1v) is 32.1. The molecule has 0 fully saturated rings. The normalized spacial score (nSPS) is 12.6. The molecule has 0 aliphatic rings. The van der Waals surface area contributed by atoms with Crippen LogP contribution in [0.1, 0.15) is 316 Å². The lowest BCUT2D eigenvalue weighted by atomic mass is 10.1. The topological polar surface area (TPSA) is 78.9 Å². The summed E-state index contributed by atoms with van der Waals surface area (Å²) in [6, 6.07) is 0. The molecule has 0 aromatic heterocycles. The SMILES string of the molecule is CC/C=C\C/C=C\C/C=C\C/C=C\C/C=C\CCCCCC(=O)OC[C@H](COC(=O)CCCCCCCCCCC/C=C\CCCCCCCC)OC(=O)CCCCCCCCCCC/C=C\CCCCCCCC. The van der Waals surface area contributed by atoms with Crippen molar-refractivity contribution in [3.8, 4) is 0 Å². The summed E-state index contributed by atoms with van der Waals surface area (Å²) >= 11 is 0. The maximum Gasteiger partial charge on any atom is 0.306 e. The van der Waals surface area contributed by atoms with Gasteiger partial charge in [-0.3, -0.25) is 14.4 Å². The quantitative estimate of drug-likeness (QED) is 0.0261. The Balaban J connectivity index is 4.43.